The molecule has 1 heterocycles. The molecule has 0 aliphatic heterocycles. The lowest BCUT2D eigenvalue weighted by atomic mass is 10.2. The zero-order valence-corrected chi connectivity index (χ0v) is 7.75. The van der Waals surface area contributed by atoms with Crippen LogP contribution in [-0.4, -0.2) is 15.7 Å². The highest BCUT2D eigenvalue weighted by molar-refractivity contribution is 6.35. The van der Waals surface area contributed by atoms with Crippen LogP contribution in [0.2, 0.25) is 5.02 Å². The zero-order valence-electron chi connectivity index (χ0n) is 6.99. The molecule has 0 atom stereocenters. The van der Waals surface area contributed by atoms with Crippen molar-refractivity contribution in [2.75, 3.05) is 0 Å². The third-order valence-electron chi connectivity index (χ3n) is 1.86. The Morgan fingerprint density at radius 2 is 2.31 bits per heavy atom. The highest BCUT2D eigenvalue weighted by Crippen LogP contribution is 2.22. The molecule has 0 bridgehead atoms. The zero-order chi connectivity index (χ0) is 9.42. The van der Waals surface area contributed by atoms with Crippen LogP contribution in [0.25, 0.3) is 10.9 Å². The quantitative estimate of drug-likeness (QED) is 0.645. The molecule has 2 rings (SSSR count). The number of fused-ring (bicyclic) bond motifs is 1. The topological polar surface area (TPSA) is 34.9 Å². The second kappa shape index (κ2) is 2.85. The minimum absolute atomic E-state index is 0.114. The van der Waals surface area contributed by atoms with Crippen molar-refractivity contribution < 1.29 is 4.79 Å². The van der Waals surface area contributed by atoms with Crippen molar-refractivity contribution in [1.29, 1.82) is 0 Å². The van der Waals surface area contributed by atoms with Gasteiger partial charge in [-0.05, 0) is 12.1 Å². The lowest BCUT2D eigenvalue weighted by Gasteiger charge is -1.96. The molecule has 0 amide bonds. The van der Waals surface area contributed by atoms with E-state index in [0.29, 0.717) is 5.02 Å². The third kappa shape index (κ3) is 1.21. The highest BCUT2D eigenvalue weighted by Gasteiger charge is 2.07. The monoisotopic (exact) mass is 194 g/mol. The van der Waals surface area contributed by atoms with Crippen molar-refractivity contribution in [3.63, 3.8) is 0 Å². The SMILES string of the molecule is CC(=O)n1ncc2c(Cl)cccc21. The Balaban J connectivity index is 2.83. The lowest BCUT2D eigenvalue weighted by molar-refractivity contribution is 0.0927. The summed E-state index contributed by atoms with van der Waals surface area (Å²) in [5.74, 6) is -0.114. The fourth-order valence-corrected chi connectivity index (χ4v) is 1.49. The van der Waals surface area contributed by atoms with Crippen molar-refractivity contribution in [2.24, 2.45) is 0 Å². The van der Waals surface area contributed by atoms with Crippen LogP contribution in [0.4, 0.5) is 0 Å². The molecule has 0 aliphatic carbocycles. The molecule has 4 heteroatoms. The molecule has 1 aromatic carbocycles. The van der Waals surface area contributed by atoms with Gasteiger partial charge in [0.15, 0.2) is 0 Å². The van der Waals surface area contributed by atoms with Crippen molar-refractivity contribution >= 4 is 28.4 Å². The molecule has 2 aromatic rings. The number of hydrogen-bond donors (Lipinski definition) is 0. The molecular formula is C9H7ClN2O. The van der Waals surface area contributed by atoms with E-state index in [-0.39, 0.29) is 5.91 Å². The maximum Gasteiger partial charge on any atom is 0.244 e. The van der Waals surface area contributed by atoms with Gasteiger partial charge < -0.3 is 0 Å². The van der Waals surface area contributed by atoms with Crippen LogP contribution in [0.15, 0.2) is 24.4 Å². The summed E-state index contributed by atoms with van der Waals surface area (Å²) in [5.41, 5.74) is 0.750. The number of hydrogen-bond acceptors (Lipinski definition) is 2. The largest absolute Gasteiger partial charge is 0.273 e. The van der Waals surface area contributed by atoms with Crippen LogP contribution in [0.5, 0.6) is 0 Å². The number of halogens is 1. The Bertz CT molecular complexity index is 475. The predicted molar refractivity (Wildman–Crippen MR) is 51.0 cm³/mol. The van der Waals surface area contributed by atoms with Crippen LogP contribution in [-0.2, 0) is 0 Å². The number of carbonyl (C=O) groups excluding carboxylic acids is 1. The molecule has 0 unspecified atom stereocenters. The van der Waals surface area contributed by atoms with Crippen molar-refractivity contribution in [3.8, 4) is 0 Å². The smallest absolute Gasteiger partial charge is 0.244 e. The average Bonchev–Trinajstić information content (AvgIpc) is 2.48. The summed E-state index contributed by atoms with van der Waals surface area (Å²) in [4.78, 5) is 11.1. The molecule has 66 valence electrons. The lowest BCUT2D eigenvalue weighted by Crippen LogP contribution is -2.06. The maximum absolute atomic E-state index is 11.1. The number of carbonyl (C=O) groups is 1. The highest BCUT2D eigenvalue weighted by atomic mass is 35.5. The van der Waals surface area contributed by atoms with E-state index in [1.165, 1.54) is 11.6 Å². The van der Waals surface area contributed by atoms with Crippen LogP contribution in [0.1, 0.15) is 11.7 Å². The summed E-state index contributed by atoms with van der Waals surface area (Å²) >= 11 is 5.91. The van der Waals surface area contributed by atoms with Crippen molar-refractivity contribution in [1.82, 2.24) is 9.78 Å². The summed E-state index contributed by atoms with van der Waals surface area (Å²) in [6.45, 7) is 1.47. The van der Waals surface area contributed by atoms with Crippen LogP contribution in [0, 0.1) is 0 Å². The Hall–Kier alpha value is -1.35. The summed E-state index contributed by atoms with van der Waals surface area (Å²) < 4.78 is 1.33. The molecule has 3 nitrogen and oxygen atoms in total. The first-order valence-corrected chi connectivity index (χ1v) is 4.21. The van der Waals surface area contributed by atoms with Crippen LogP contribution >= 0.6 is 11.6 Å². The molecule has 0 N–H and O–H groups in total. The number of rotatable bonds is 0. The summed E-state index contributed by atoms with van der Waals surface area (Å²) in [6.07, 6.45) is 1.60. The van der Waals surface area contributed by atoms with Gasteiger partial charge in [0.05, 0.1) is 16.7 Å². The number of nitrogens with zero attached hydrogens (tertiary/aromatic N) is 2. The van der Waals surface area contributed by atoms with E-state index in [4.69, 9.17) is 11.6 Å². The molecule has 0 spiro atoms. The van der Waals surface area contributed by atoms with Crippen molar-refractivity contribution in [2.45, 2.75) is 6.92 Å². The second-order valence-electron chi connectivity index (χ2n) is 2.75. The number of benzene rings is 1. The van der Waals surface area contributed by atoms with Gasteiger partial charge >= 0.3 is 0 Å². The second-order valence-corrected chi connectivity index (χ2v) is 3.16. The van der Waals surface area contributed by atoms with Gasteiger partial charge in [-0.2, -0.15) is 5.10 Å². The van der Waals surface area contributed by atoms with Gasteiger partial charge in [0.2, 0.25) is 5.91 Å². The predicted octanol–water partition coefficient (Wildman–Crippen LogP) is 2.35. The molecular weight excluding hydrogens is 188 g/mol. The van der Waals surface area contributed by atoms with Gasteiger partial charge in [0, 0.05) is 12.3 Å². The molecule has 1 aromatic heterocycles. The van der Waals surface area contributed by atoms with E-state index in [1.54, 1.807) is 18.3 Å². The molecule has 0 saturated heterocycles. The molecule has 0 fully saturated rings. The molecule has 13 heavy (non-hydrogen) atoms. The average molecular weight is 195 g/mol. The van der Waals surface area contributed by atoms with Gasteiger partial charge in [0.1, 0.15) is 0 Å². The fourth-order valence-electron chi connectivity index (χ4n) is 1.27. The van der Waals surface area contributed by atoms with E-state index in [0.717, 1.165) is 10.9 Å². The first-order chi connectivity index (χ1) is 6.20. The van der Waals surface area contributed by atoms with Gasteiger partial charge in [-0.1, -0.05) is 17.7 Å². The Labute approximate surface area is 79.9 Å². The summed E-state index contributed by atoms with van der Waals surface area (Å²) in [7, 11) is 0. The fraction of sp³-hybridized carbons (Fsp3) is 0.111. The van der Waals surface area contributed by atoms with Gasteiger partial charge in [0.25, 0.3) is 0 Å². The molecule has 0 saturated carbocycles. The Morgan fingerprint density at radius 3 is 3.00 bits per heavy atom. The molecule has 0 radical (unpaired) electrons. The van der Waals surface area contributed by atoms with E-state index < -0.39 is 0 Å². The first-order valence-electron chi connectivity index (χ1n) is 3.83. The van der Waals surface area contributed by atoms with Gasteiger partial charge in [-0.25, -0.2) is 4.68 Å². The standard InChI is InChI=1S/C9H7ClN2O/c1-6(13)12-9-4-2-3-8(10)7(9)5-11-12/h2-5H,1H3. The molecule has 0 aliphatic rings. The third-order valence-corrected chi connectivity index (χ3v) is 2.19. The number of aromatic nitrogens is 2. The van der Waals surface area contributed by atoms with E-state index in [1.807, 2.05) is 6.07 Å². The maximum atomic E-state index is 11.1. The van der Waals surface area contributed by atoms with Crippen molar-refractivity contribution in [3.05, 3.63) is 29.4 Å². The van der Waals surface area contributed by atoms with E-state index in [2.05, 4.69) is 5.10 Å². The van der Waals surface area contributed by atoms with Gasteiger partial charge in [-0.15, -0.1) is 0 Å². The Morgan fingerprint density at radius 1 is 1.54 bits per heavy atom. The van der Waals surface area contributed by atoms with E-state index >= 15 is 0 Å². The minimum atomic E-state index is -0.114. The summed E-state index contributed by atoms with van der Waals surface area (Å²) in [5, 5.41) is 5.36. The normalized spacial score (nSPS) is 10.6. The van der Waals surface area contributed by atoms with Crippen LogP contribution < -0.4 is 0 Å². The minimum Gasteiger partial charge on any atom is -0.273 e. The van der Waals surface area contributed by atoms with Crippen LogP contribution in [0.3, 0.4) is 0 Å². The first kappa shape index (κ1) is 8.26. The van der Waals surface area contributed by atoms with Gasteiger partial charge in [-0.3, -0.25) is 4.79 Å². The Kier molecular flexibility index (Phi) is 1.81. The van der Waals surface area contributed by atoms with E-state index in [9.17, 15) is 4.79 Å². The summed E-state index contributed by atoms with van der Waals surface area (Å²) in [6, 6.07) is 5.39.